The number of benzene rings is 2. The third kappa shape index (κ3) is 5.79. The SMILES string of the molecule is CC(=O)N(C)c1ccc(SNCC(C)c2ccccc2)cc1C(C)C(C)(F)F. The topological polar surface area (TPSA) is 32.3 Å². The molecule has 1 amide bonds. The van der Waals surface area contributed by atoms with E-state index >= 15 is 0 Å². The molecule has 2 aromatic rings. The zero-order chi connectivity index (χ0) is 20.9. The smallest absolute Gasteiger partial charge is 0.251 e. The molecule has 152 valence electrons. The molecule has 0 saturated carbocycles. The number of rotatable bonds is 8. The van der Waals surface area contributed by atoms with Crippen LogP contribution in [-0.4, -0.2) is 25.4 Å². The molecule has 0 aliphatic rings. The highest BCUT2D eigenvalue weighted by molar-refractivity contribution is 7.97. The number of hydrogen-bond donors (Lipinski definition) is 1. The van der Waals surface area contributed by atoms with E-state index in [0.717, 1.165) is 18.4 Å². The van der Waals surface area contributed by atoms with Gasteiger partial charge >= 0.3 is 0 Å². The van der Waals surface area contributed by atoms with E-state index in [4.69, 9.17) is 0 Å². The molecule has 0 heterocycles. The fourth-order valence-corrected chi connectivity index (χ4v) is 3.66. The van der Waals surface area contributed by atoms with Crippen LogP contribution in [0.5, 0.6) is 0 Å². The first-order valence-electron chi connectivity index (χ1n) is 9.32. The molecule has 0 aromatic heterocycles. The highest BCUT2D eigenvalue weighted by Gasteiger charge is 2.34. The van der Waals surface area contributed by atoms with Crippen molar-refractivity contribution in [2.75, 3.05) is 18.5 Å². The molecule has 3 nitrogen and oxygen atoms in total. The summed E-state index contributed by atoms with van der Waals surface area (Å²) in [6.07, 6.45) is 0. The molecule has 0 aliphatic heterocycles. The van der Waals surface area contributed by atoms with Gasteiger partial charge in [0.15, 0.2) is 0 Å². The summed E-state index contributed by atoms with van der Waals surface area (Å²) in [5, 5.41) is 0. The zero-order valence-corrected chi connectivity index (χ0v) is 17.8. The average Bonchev–Trinajstić information content (AvgIpc) is 2.66. The number of hydrogen-bond acceptors (Lipinski definition) is 3. The monoisotopic (exact) mass is 406 g/mol. The maximum Gasteiger partial charge on any atom is 0.251 e. The molecule has 28 heavy (non-hydrogen) atoms. The minimum Gasteiger partial charge on any atom is -0.315 e. The van der Waals surface area contributed by atoms with Crippen LogP contribution in [0.25, 0.3) is 0 Å². The first-order valence-corrected chi connectivity index (χ1v) is 10.1. The summed E-state index contributed by atoms with van der Waals surface area (Å²) in [7, 11) is 1.61. The van der Waals surface area contributed by atoms with E-state index in [1.54, 1.807) is 19.2 Å². The molecule has 0 radical (unpaired) electrons. The molecule has 1 N–H and O–H groups in total. The Balaban J connectivity index is 2.16. The van der Waals surface area contributed by atoms with Crippen molar-refractivity contribution < 1.29 is 13.6 Å². The van der Waals surface area contributed by atoms with Crippen molar-refractivity contribution in [2.24, 2.45) is 0 Å². The summed E-state index contributed by atoms with van der Waals surface area (Å²) >= 11 is 1.42. The molecule has 2 rings (SSSR count). The van der Waals surface area contributed by atoms with E-state index in [9.17, 15) is 13.6 Å². The Kier molecular flexibility index (Phi) is 7.61. The summed E-state index contributed by atoms with van der Waals surface area (Å²) in [5.41, 5.74) is 2.23. The predicted molar refractivity (Wildman–Crippen MR) is 113 cm³/mol. The molecule has 6 heteroatoms. The maximum atomic E-state index is 14.0. The van der Waals surface area contributed by atoms with Gasteiger partial charge < -0.3 is 4.90 Å². The minimum absolute atomic E-state index is 0.192. The van der Waals surface area contributed by atoms with Gasteiger partial charge in [-0.15, -0.1) is 0 Å². The van der Waals surface area contributed by atoms with Crippen LogP contribution in [0, 0.1) is 0 Å². The van der Waals surface area contributed by atoms with Gasteiger partial charge in [-0.25, -0.2) is 8.78 Å². The average molecular weight is 407 g/mol. The Morgan fingerprint density at radius 1 is 1.18 bits per heavy atom. The third-order valence-electron chi connectivity index (χ3n) is 5.01. The van der Waals surface area contributed by atoms with Gasteiger partial charge in [-0.3, -0.25) is 9.52 Å². The van der Waals surface area contributed by atoms with E-state index in [1.165, 1.54) is 36.3 Å². The summed E-state index contributed by atoms with van der Waals surface area (Å²) in [5.74, 6) is -3.75. The van der Waals surface area contributed by atoms with Crippen molar-refractivity contribution in [3.8, 4) is 0 Å². The Hall–Kier alpha value is -1.92. The molecule has 0 spiro atoms. The van der Waals surface area contributed by atoms with Crippen LogP contribution in [0.15, 0.2) is 53.4 Å². The van der Waals surface area contributed by atoms with Crippen LogP contribution < -0.4 is 9.62 Å². The minimum atomic E-state index is -2.88. The number of carbonyl (C=O) groups excluding carboxylic acids is 1. The Bertz CT molecular complexity index is 793. The number of nitrogens with zero attached hydrogens (tertiary/aromatic N) is 1. The lowest BCUT2D eigenvalue weighted by Crippen LogP contribution is -2.27. The number of amides is 1. The van der Waals surface area contributed by atoms with Gasteiger partial charge in [0, 0.05) is 37.0 Å². The second-order valence-electron chi connectivity index (χ2n) is 7.24. The number of anilines is 1. The lowest BCUT2D eigenvalue weighted by atomic mass is 9.93. The highest BCUT2D eigenvalue weighted by atomic mass is 32.2. The van der Waals surface area contributed by atoms with Crippen LogP contribution in [0.1, 0.15) is 50.7 Å². The first-order chi connectivity index (χ1) is 13.1. The normalized spacial score (nSPS) is 13.8. The molecule has 2 unspecified atom stereocenters. The van der Waals surface area contributed by atoms with Crippen molar-refractivity contribution in [1.82, 2.24) is 4.72 Å². The van der Waals surface area contributed by atoms with Crippen LogP contribution in [0.3, 0.4) is 0 Å². The van der Waals surface area contributed by atoms with E-state index in [1.807, 2.05) is 24.3 Å². The van der Waals surface area contributed by atoms with Gasteiger partial charge in [0.1, 0.15) is 0 Å². The molecule has 0 fully saturated rings. The summed E-state index contributed by atoms with van der Waals surface area (Å²) in [6, 6.07) is 15.5. The number of nitrogens with one attached hydrogen (secondary N) is 1. The fourth-order valence-electron chi connectivity index (χ4n) is 2.84. The van der Waals surface area contributed by atoms with Gasteiger partial charge in [-0.05, 0) is 54.1 Å². The quantitative estimate of drug-likeness (QED) is 0.560. The van der Waals surface area contributed by atoms with Crippen LogP contribution in [-0.2, 0) is 4.79 Å². The maximum absolute atomic E-state index is 14.0. The third-order valence-corrected chi connectivity index (χ3v) is 5.81. The van der Waals surface area contributed by atoms with Gasteiger partial charge in [0.2, 0.25) is 5.91 Å². The largest absolute Gasteiger partial charge is 0.315 e. The van der Waals surface area contributed by atoms with Crippen molar-refractivity contribution in [3.05, 3.63) is 59.7 Å². The van der Waals surface area contributed by atoms with Crippen molar-refractivity contribution in [1.29, 1.82) is 0 Å². The number of halogens is 2. The second kappa shape index (κ2) is 9.52. The Morgan fingerprint density at radius 3 is 2.39 bits per heavy atom. The van der Waals surface area contributed by atoms with Crippen LogP contribution >= 0.6 is 11.9 Å². The lowest BCUT2D eigenvalue weighted by Gasteiger charge is -2.26. The molecule has 2 aromatic carbocycles. The fraction of sp³-hybridized carbons (Fsp3) is 0.409. The van der Waals surface area contributed by atoms with Crippen molar-refractivity contribution in [2.45, 2.75) is 50.3 Å². The van der Waals surface area contributed by atoms with Gasteiger partial charge in [-0.2, -0.15) is 0 Å². The highest BCUT2D eigenvalue weighted by Crippen LogP contribution is 2.39. The first kappa shape index (κ1) is 22.4. The molecule has 2 atom stereocenters. The van der Waals surface area contributed by atoms with E-state index in [2.05, 4.69) is 23.8 Å². The predicted octanol–water partition coefficient (Wildman–Crippen LogP) is 5.83. The summed E-state index contributed by atoms with van der Waals surface area (Å²) < 4.78 is 31.3. The summed E-state index contributed by atoms with van der Waals surface area (Å²) in [4.78, 5) is 14.0. The Morgan fingerprint density at radius 2 is 1.82 bits per heavy atom. The zero-order valence-electron chi connectivity index (χ0n) is 17.0. The van der Waals surface area contributed by atoms with Gasteiger partial charge in [-0.1, -0.05) is 44.2 Å². The van der Waals surface area contributed by atoms with E-state index in [0.29, 0.717) is 17.2 Å². The standard InChI is InChI=1S/C22H28F2N2OS/c1-15(18-9-7-6-8-10-18)14-25-28-19-11-12-21(26(5)17(3)27)20(13-19)16(2)22(4,23)24/h6-13,15-16,25H,14H2,1-5H3. The summed E-state index contributed by atoms with van der Waals surface area (Å²) in [6.45, 7) is 6.71. The van der Waals surface area contributed by atoms with Crippen molar-refractivity contribution >= 4 is 23.5 Å². The van der Waals surface area contributed by atoms with Crippen molar-refractivity contribution in [3.63, 3.8) is 0 Å². The Labute approximate surface area is 170 Å². The van der Waals surface area contributed by atoms with E-state index < -0.39 is 11.8 Å². The number of carbonyl (C=O) groups is 1. The molecular weight excluding hydrogens is 378 g/mol. The van der Waals surface area contributed by atoms with E-state index in [-0.39, 0.29) is 5.91 Å². The lowest BCUT2D eigenvalue weighted by molar-refractivity contribution is -0.116. The van der Waals surface area contributed by atoms with Crippen LogP contribution in [0.2, 0.25) is 0 Å². The second-order valence-corrected chi connectivity index (χ2v) is 8.20. The van der Waals surface area contributed by atoms with Gasteiger partial charge in [0.25, 0.3) is 5.92 Å². The van der Waals surface area contributed by atoms with Gasteiger partial charge in [0.05, 0.1) is 0 Å². The molecule has 0 aliphatic carbocycles. The number of alkyl halides is 2. The molecular formula is C22H28F2N2OS. The van der Waals surface area contributed by atoms with Crippen LogP contribution in [0.4, 0.5) is 14.5 Å². The molecule has 0 saturated heterocycles. The molecule has 0 bridgehead atoms.